The van der Waals surface area contributed by atoms with Gasteiger partial charge in [-0.1, -0.05) is 0 Å². The van der Waals surface area contributed by atoms with Crippen LogP contribution in [0.15, 0.2) is 0 Å². The highest BCUT2D eigenvalue weighted by Crippen LogP contribution is 2.16. The number of nitrogens with one attached hydrogen (secondary N) is 1. The molecule has 0 aliphatic heterocycles. The van der Waals surface area contributed by atoms with Gasteiger partial charge in [0, 0.05) is 30.6 Å². The van der Waals surface area contributed by atoms with Crippen LogP contribution in [-0.2, 0) is 11.3 Å². The minimum absolute atomic E-state index is 0.115. The van der Waals surface area contributed by atoms with Crippen LogP contribution in [0.25, 0.3) is 0 Å². The summed E-state index contributed by atoms with van der Waals surface area (Å²) in [6.45, 7) is 15.9. The first-order valence-corrected chi connectivity index (χ1v) is 8.55. The van der Waals surface area contributed by atoms with E-state index in [2.05, 4.69) is 10.3 Å². The molecule has 1 aromatic rings. The summed E-state index contributed by atoms with van der Waals surface area (Å²) in [4.78, 5) is 19.6. The number of aryl methyl sites for hydroxylation is 2. The number of carbonyl (C=O) groups is 1. The Labute approximate surface area is 138 Å². The molecule has 0 bridgehead atoms. The number of nitrogens with zero attached hydrogens (tertiary/aromatic N) is 2. The van der Waals surface area contributed by atoms with Crippen LogP contribution in [0.3, 0.4) is 0 Å². The van der Waals surface area contributed by atoms with E-state index in [0.29, 0.717) is 6.54 Å². The van der Waals surface area contributed by atoms with Crippen molar-refractivity contribution in [1.82, 2.24) is 15.2 Å². The Kier molecular flexibility index (Phi) is 6.81. The van der Waals surface area contributed by atoms with Gasteiger partial charge in [0.1, 0.15) is 5.60 Å². The second-order valence-corrected chi connectivity index (χ2v) is 7.97. The van der Waals surface area contributed by atoms with E-state index < -0.39 is 5.60 Å². The zero-order chi connectivity index (χ0) is 16.9. The molecule has 0 aliphatic rings. The molecule has 0 radical (unpaired) electrons. The average molecular weight is 327 g/mol. The number of hydrogen-bond donors (Lipinski definition) is 1. The number of rotatable bonds is 6. The fourth-order valence-electron chi connectivity index (χ4n) is 2.02. The van der Waals surface area contributed by atoms with Crippen LogP contribution in [0.4, 0.5) is 4.79 Å². The lowest BCUT2D eigenvalue weighted by Gasteiger charge is -2.30. The molecule has 6 heteroatoms. The van der Waals surface area contributed by atoms with Gasteiger partial charge in [-0.3, -0.25) is 0 Å². The Morgan fingerprint density at radius 3 is 2.45 bits per heavy atom. The molecule has 0 aromatic carbocycles. The van der Waals surface area contributed by atoms with Gasteiger partial charge in [0.05, 0.1) is 10.7 Å². The van der Waals surface area contributed by atoms with Crippen LogP contribution in [0.5, 0.6) is 0 Å². The Morgan fingerprint density at radius 2 is 2.00 bits per heavy atom. The molecule has 1 heterocycles. The third-order valence-corrected chi connectivity index (χ3v) is 4.14. The smallest absolute Gasteiger partial charge is 0.410 e. The quantitative estimate of drug-likeness (QED) is 0.813. The van der Waals surface area contributed by atoms with Crippen molar-refractivity contribution >= 4 is 17.4 Å². The lowest BCUT2D eigenvalue weighted by molar-refractivity contribution is 0.0193. The summed E-state index contributed by atoms with van der Waals surface area (Å²) in [6.07, 6.45) is -0.255. The third kappa shape index (κ3) is 6.32. The molecular formula is C16H29N3O2S. The lowest BCUT2D eigenvalue weighted by atomic mass is 10.2. The molecule has 126 valence electrons. The molecule has 0 spiro atoms. The van der Waals surface area contributed by atoms with E-state index in [0.717, 1.165) is 23.8 Å². The van der Waals surface area contributed by atoms with Gasteiger partial charge >= 0.3 is 6.09 Å². The first kappa shape index (κ1) is 18.9. The van der Waals surface area contributed by atoms with Crippen LogP contribution in [-0.4, -0.2) is 40.7 Å². The SMILES string of the molecule is Cc1nc(C)c(CNCCN(C(=O)OC(C)(C)C)C(C)C)s1. The van der Waals surface area contributed by atoms with Crippen LogP contribution in [0, 0.1) is 13.8 Å². The molecule has 0 aliphatic carbocycles. The van der Waals surface area contributed by atoms with Crippen LogP contribution in [0.1, 0.15) is 50.2 Å². The molecule has 1 N–H and O–H groups in total. The summed E-state index contributed by atoms with van der Waals surface area (Å²) in [5.74, 6) is 0. The fraction of sp³-hybridized carbons (Fsp3) is 0.750. The number of thiazole rings is 1. The number of hydrogen-bond acceptors (Lipinski definition) is 5. The predicted molar refractivity (Wildman–Crippen MR) is 91.4 cm³/mol. The maximum absolute atomic E-state index is 12.2. The zero-order valence-corrected chi connectivity index (χ0v) is 15.6. The molecule has 5 nitrogen and oxygen atoms in total. The lowest BCUT2D eigenvalue weighted by Crippen LogP contribution is -2.44. The Bertz CT molecular complexity index is 492. The van der Waals surface area contributed by atoms with Crippen molar-refractivity contribution in [3.63, 3.8) is 0 Å². The highest BCUT2D eigenvalue weighted by Gasteiger charge is 2.23. The monoisotopic (exact) mass is 327 g/mol. The summed E-state index contributed by atoms with van der Waals surface area (Å²) >= 11 is 1.71. The molecule has 22 heavy (non-hydrogen) atoms. The highest BCUT2D eigenvalue weighted by molar-refractivity contribution is 7.11. The van der Waals surface area contributed by atoms with Gasteiger partial charge in [0.25, 0.3) is 0 Å². The van der Waals surface area contributed by atoms with Crippen LogP contribution < -0.4 is 5.32 Å². The fourth-order valence-corrected chi connectivity index (χ4v) is 2.93. The highest BCUT2D eigenvalue weighted by atomic mass is 32.1. The summed E-state index contributed by atoms with van der Waals surface area (Å²) in [5, 5.41) is 4.47. The third-order valence-electron chi connectivity index (χ3n) is 3.07. The van der Waals surface area contributed by atoms with Crippen LogP contribution >= 0.6 is 11.3 Å². The van der Waals surface area contributed by atoms with Crippen molar-refractivity contribution < 1.29 is 9.53 Å². The summed E-state index contributed by atoms with van der Waals surface area (Å²) in [6, 6.07) is 0.115. The van der Waals surface area contributed by atoms with Crippen molar-refractivity contribution in [2.24, 2.45) is 0 Å². The molecule has 1 rings (SSSR count). The zero-order valence-electron chi connectivity index (χ0n) is 14.8. The minimum atomic E-state index is -0.463. The minimum Gasteiger partial charge on any atom is -0.444 e. The van der Waals surface area contributed by atoms with E-state index in [4.69, 9.17) is 4.74 Å². The first-order chi connectivity index (χ1) is 10.1. The molecule has 1 aromatic heterocycles. The summed E-state index contributed by atoms with van der Waals surface area (Å²) < 4.78 is 5.45. The van der Waals surface area contributed by atoms with Crippen molar-refractivity contribution in [2.45, 2.75) is 66.7 Å². The van der Waals surface area contributed by atoms with Crippen LogP contribution in [0.2, 0.25) is 0 Å². The van der Waals surface area contributed by atoms with E-state index in [1.54, 1.807) is 16.2 Å². The van der Waals surface area contributed by atoms with E-state index in [1.807, 2.05) is 48.5 Å². The molecular weight excluding hydrogens is 298 g/mol. The number of aromatic nitrogens is 1. The second kappa shape index (κ2) is 7.92. The maximum Gasteiger partial charge on any atom is 0.410 e. The van der Waals surface area contributed by atoms with Gasteiger partial charge in [0.15, 0.2) is 0 Å². The number of amides is 1. The second-order valence-electron chi connectivity index (χ2n) is 6.69. The standard InChI is InChI=1S/C16H29N3O2S/c1-11(2)19(15(20)21-16(5,6)7)9-8-17-10-14-12(3)18-13(4)22-14/h11,17H,8-10H2,1-7H3. The summed E-state index contributed by atoms with van der Waals surface area (Å²) in [5.41, 5.74) is 0.623. The molecule has 0 fully saturated rings. The van der Waals surface area contributed by atoms with Crippen molar-refractivity contribution in [2.75, 3.05) is 13.1 Å². The van der Waals surface area contributed by atoms with Crippen molar-refractivity contribution in [3.05, 3.63) is 15.6 Å². The van der Waals surface area contributed by atoms with E-state index in [-0.39, 0.29) is 12.1 Å². The molecule has 0 unspecified atom stereocenters. The van der Waals surface area contributed by atoms with Gasteiger partial charge < -0.3 is 15.0 Å². The molecule has 0 saturated heterocycles. The topological polar surface area (TPSA) is 54.5 Å². The van der Waals surface area contributed by atoms with Crippen molar-refractivity contribution in [3.8, 4) is 0 Å². The van der Waals surface area contributed by atoms with Gasteiger partial charge in [-0.05, 0) is 48.5 Å². The number of ether oxygens (including phenoxy) is 1. The number of carbonyl (C=O) groups excluding carboxylic acids is 1. The molecule has 1 amide bonds. The van der Waals surface area contributed by atoms with Crippen molar-refractivity contribution in [1.29, 1.82) is 0 Å². The Balaban J connectivity index is 2.45. The largest absolute Gasteiger partial charge is 0.444 e. The first-order valence-electron chi connectivity index (χ1n) is 7.73. The van der Waals surface area contributed by atoms with Gasteiger partial charge in [-0.15, -0.1) is 11.3 Å². The van der Waals surface area contributed by atoms with Gasteiger partial charge in [-0.2, -0.15) is 0 Å². The van der Waals surface area contributed by atoms with Gasteiger partial charge in [-0.25, -0.2) is 9.78 Å². The Hall–Kier alpha value is -1.14. The Morgan fingerprint density at radius 1 is 1.36 bits per heavy atom. The molecule has 0 atom stereocenters. The van der Waals surface area contributed by atoms with Gasteiger partial charge in [0.2, 0.25) is 0 Å². The van der Waals surface area contributed by atoms with E-state index in [1.165, 1.54) is 4.88 Å². The summed E-state index contributed by atoms with van der Waals surface area (Å²) in [7, 11) is 0. The van der Waals surface area contributed by atoms with E-state index in [9.17, 15) is 4.79 Å². The van der Waals surface area contributed by atoms with E-state index >= 15 is 0 Å². The predicted octanol–water partition coefficient (Wildman–Crippen LogP) is 3.50. The normalized spacial score (nSPS) is 11.8. The average Bonchev–Trinajstić information content (AvgIpc) is 2.64. The maximum atomic E-state index is 12.2. The molecule has 0 saturated carbocycles.